The van der Waals surface area contributed by atoms with E-state index in [2.05, 4.69) is 6.92 Å². The van der Waals surface area contributed by atoms with Crippen molar-refractivity contribution in [1.29, 1.82) is 0 Å². The van der Waals surface area contributed by atoms with E-state index < -0.39 is 23.1 Å². The zero-order chi connectivity index (χ0) is 18.2. The van der Waals surface area contributed by atoms with E-state index in [1.54, 1.807) is 12.2 Å². The van der Waals surface area contributed by atoms with Gasteiger partial charge >= 0.3 is 5.97 Å². The Kier molecular flexibility index (Phi) is 3.42. The summed E-state index contributed by atoms with van der Waals surface area (Å²) in [5.41, 5.74) is -1.86. The zero-order valence-electron chi connectivity index (χ0n) is 14.7. The van der Waals surface area contributed by atoms with Crippen LogP contribution < -0.4 is 0 Å². The first-order chi connectivity index (χ1) is 11.6. The first-order valence-corrected chi connectivity index (χ1v) is 9.21. The molecule has 0 spiro atoms. The van der Waals surface area contributed by atoms with Gasteiger partial charge in [0.05, 0.1) is 6.10 Å². The van der Waals surface area contributed by atoms with Crippen LogP contribution in [0, 0.1) is 28.6 Å². The van der Waals surface area contributed by atoms with E-state index in [9.17, 15) is 24.9 Å². The van der Waals surface area contributed by atoms with Gasteiger partial charge in [0.25, 0.3) is 0 Å². The maximum absolute atomic E-state index is 11.8. The predicted octanol–water partition coefficient (Wildman–Crippen LogP) is 2.08. The largest absolute Gasteiger partial charge is 0.479 e. The normalized spacial score (nSPS) is 51.4. The Morgan fingerprint density at radius 1 is 1.28 bits per heavy atom. The molecule has 0 aromatic carbocycles. The molecular formula is C20H26O5. The molecule has 136 valence electrons. The second-order valence-electron chi connectivity index (χ2n) is 8.92. The van der Waals surface area contributed by atoms with Crippen LogP contribution in [0.4, 0.5) is 0 Å². The maximum atomic E-state index is 11.8. The van der Waals surface area contributed by atoms with Gasteiger partial charge in [0.1, 0.15) is 0 Å². The SMILES string of the molecule is C[C@]12C=CC(=O)C=C1CC[C@@H]1C2C(O)C[C@@]2(C)C1CC[C@]2(O)C(=O)O. The molecule has 5 nitrogen and oxygen atoms in total. The molecule has 0 aromatic heterocycles. The summed E-state index contributed by atoms with van der Waals surface area (Å²) in [6.45, 7) is 3.93. The minimum Gasteiger partial charge on any atom is -0.479 e. The van der Waals surface area contributed by atoms with Crippen molar-refractivity contribution >= 4 is 11.8 Å². The van der Waals surface area contributed by atoms with Crippen molar-refractivity contribution in [2.45, 2.75) is 57.7 Å². The average molecular weight is 346 g/mol. The first kappa shape index (κ1) is 17.0. The Hall–Kier alpha value is -1.46. The smallest absolute Gasteiger partial charge is 0.336 e. The van der Waals surface area contributed by atoms with Crippen LogP contribution in [0.15, 0.2) is 23.8 Å². The predicted molar refractivity (Wildman–Crippen MR) is 90.6 cm³/mol. The fourth-order valence-corrected chi connectivity index (χ4v) is 6.68. The second kappa shape index (κ2) is 5.04. The van der Waals surface area contributed by atoms with Gasteiger partial charge in [0.2, 0.25) is 0 Å². The van der Waals surface area contributed by atoms with E-state index in [0.717, 1.165) is 18.4 Å². The summed E-state index contributed by atoms with van der Waals surface area (Å²) in [6, 6.07) is 0. The number of carbonyl (C=O) groups is 2. The summed E-state index contributed by atoms with van der Waals surface area (Å²) in [7, 11) is 0. The molecule has 3 unspecified atom stereocenters. The second-order valence-corrected chi connectivity index (χ2v) is 8.92. The molecule has 5 heteroatoms. The lowest BCUT2D eigenvalue weighted by atomic mass is 9.46. The van der Waals surface area contributed by atoms with Gasteiger partial charge in [-0.25, -0.2) is 4.79 Å². The van der Waals surface area contributed by atoms with Gasteiger partial charge < -0.3 is 15.3 Å². The molecule has 7 atom stereocenters. The number of hydrogen-bond donors (Lipinski definition) is 3. The molecule has 3 N–H and O–H groups in total. The lowest BCUT2D eigenvalue weighted by molar-refractivity contribution is -0.192. The fourth-order valence-electron chi connectivity index (χ4n) is 6.68. The number of aliphatic hydroxyl groups is 2. The molecule has 0 saturated heterocycles. The molecule has 0 heterocycles. The van der Waals surface area contributed by atoms with Gasteiger partial charge in [-0.05, 0) is 56.1 Å². The molecule has 0 amide bonds. The van der Waals surface area contributed by atoms with Crippen molar-refractivity contribution < 1.29 is 24.9 Å². The molecule has 3 fully saturated rings. The molecule has 4 rings (SSSR count). The van der Waals surface area contributed by atoms with Crippen LogP contribution in [-0.4, -0.2) is 38.8 Å². The lowest BCUT2D eigenvalue weighted by Gasteiger charge is -2.59. The van der Waals surface area contributed by atoms with Crippen LogP contribution in [0.3, 0.4) is 0 Å². The van der Waals surface area contributed by atoms with E-state index in [1.807, 2.05) is 13.0 Å². The summed E-state index contributed by atoms with van der Waals surface area (Å²) >= 11 is 0. The number of carboxylic acids is 1. The van der Waals surface area contributed by atoms with Gasteiger partial charge in [0, 0.05) is 16.7 Å². The maximum Gasteiger partial charge on any atom is 0.336 e. The molecule has 0 radical (unpaired) electrons. The highest BCUT2D eigenvalue weighted by molar-refractivity contribution is 6.01. The van der Waals surface area contributed by atoms with Crippen molar-refractivity contribution in [3.8, 4) is 0 Å². The van der Waals surface area contributed by atoms with E-state index in [1.165, 1.54) is 0 Å². The number of allylic oxidation sites excluding steroid dienone is 4. The summed E-state index contributed by atoms with van der Waals surface area (Å²) in [6.07, 6.45) is 7.37. The third-order valence-electron chi connectivity index (χ3n) is 8.00. The van der Waals surface area contributed by atoms with Crippen LogP contribution in [-0.2, 0) is 9.59 Å². The molecule has 0 aromatic rings. The molecule has 0 aliphatic heterocycles. The number of carboxylic acid groups (broad SMARTS) is 1. The van der Waals surface area contributed by atoms with Crippen molar-refractivity contribution in [1.82, 2.24) is 0 Å². The first-order valence-electron chi connectivity index (χ1n) is 9.21. The lowest BCUT2D eigenvalue weighted by Crippen LogP contribution is -2.61. The minimum atomic E-state index is -1.76. The molecule has 25 heavy (non-hydrogen) atoms. The third kappa shape index (κ3) is 1.97. The third-order valence-corrected chi connectivity index (χ3v) is 8.00. The Morgan fingerprint density at radius 2 is 2.00 bits per heavy atom. The fraction of sp³-hybridized carbons (Fsp3) is 0.700. The highest BCUT2D eigenvalue weighted by atomic mass is 16.4. The van der Waals surface area contributed by atoms with Crippen LogP contribution in [0.2, 0.25) is 0 Å². The number of aliphatic carboxylic acids is 1. The standard InChI is InChI=1S/C20H26O5/c1-18-7-5-12(21)9-11(18)3-4-13-14-6-8-20(25,17(23)24)19(14,2)10-15(22)16(13)18/h5,7,9,13-16,22,25H,3-4,6,8,10H2,1-2H3,(H,23,24)/t13-,14?,15?,16?,18-,19-,20-/m0/s1. The monoisotopic (exact) mass is 346 g/mol. The molecule has 4 aliphatic carbocycles. The van der Waals surface area contributed by atoms with Crippen LogP contribution in [0.25, 0.3) is 0 Å². The summed E-state index contributed by atoms with van der Waals surface area (Å²) < 4.78 is 0. The number of aliphatic hydroxyl groups excluding tert-OH is 1. The Labute approximate surface area is 147 Å². The van der Waals surface area contributed by atoms with Crippen molar-refractivity contribution in [3.63, 3.8) is 0 Å². The molecular weight excluding hydrogens is 320 g/mol. The van der Waals surface area contributed by atoms with E-state index >= 15 is 0 Å². The van der Waals surface area contributed by atoms with E-state index in [4.69, 9.17) is 0 Å². The average Bonchev–Trinajstić information content (AvgIpc) is 2.80. The number of fused-ring (bicyclic) bond motifs is 5. The topological polar surface area (TPSA) is 94.8 Å². The van der Waals surface area contributed by atoms with Gasteiger partial charge in [-0.3, -0.25) is 4.79 Å². The summed E-state index contributed by atoms with van der Waals surface area (Å²) in [5, 5.41) is 31.6. The molecule has 4 aliphatic rings. The Balaban J connectivity index is 1.76. The Morgan fingerprint density at radius 3 is 2.68 bits per heavy atom. The quantitative estimate of drug-likeness (QED) is 0.676. The van der Waals surface area contributed by atoms with Crippen molar-refractivity contribution in [2.75, 3.05) is 0 Å². The molecule has 3 saturated carbocycles. The highest BCUT2D eigenvalue weighted by Crippen LogP contribution is 2.66. The number of hydrogen-bond acceptors (Lipinski definition) is 4. The number of ketones is 1. The Bertz CT molecular complexity index is 709. The van der Waals surface area contributed by atoms with Crippen molar-refractivity contribution in [2.24, 2.45) is 28.6 Å². The summed E-state index contributed by atoms with van der Waals surface area (Å²) in [4.78, 5) is 23.6. The minimum absolute atomic E-state index is 0.00202. The highest BCUT2D eigenvalue weighted by Gasteiger charge is 2.68. The van der Waals surface area contributed by atoms with Gasteiger partial charge in [-0.2, -0.15) is 0 Å². The van der Waals surface area contributed by atoms with Gasteiger partial charge in [-0.1, -0.05) is 25.5 Å². The van der Waals surface area contributed by atoms with Crippen molar-refractivity contribution in [3.05, 3.63) is 23.8 Å². The van der Waals surface area contributed by atoms with Crippen LogP contribution in [0.5, 0.6) is 0 Å². The van der Waals surface area contributed by atoms with E-state index in [-0.39, 0.29) is 41.8 Å². The van der Waals surface area contributed by atoms with Crippen LogP contribution in [0.1, 0.15) is 46.0 Å². The summed E-state index contributed by atoms with van der Waals surface area (Å²) in [5.74, 6) is -0.976. The van der Waals surface area contributed by atoms with Crippen LogP contribution >= 0.6 is 0 Å². The van der Waals surface area contributed by atoms with E-state index in [0.29, 0.717) is 6.42 Å². The zero-order valence-corrected chi connectivity index (χ0v) is 14.7. The van der Waals surface area contributed by atoms with Gasteiger partial charge in [-0.15, -0.1) is 0 Å². The van der Waals surface area contributed by atoms with Gasteiger partial charge in [0.15, 0.2) is 11.4 Å². The number of carbonyl (C=O) groups excluding carboxylic acids is 1. The number of rotatable bonds is 1. The molecule has 0 bridgehead atoms.